The minimum Gasteiger partial charge on any atom is -0.337 e. The SMILES string of the molecule is CCCC1CNC(=O)N(c2cc(Cl)ccc2Cl)C1=O. The third-order valence-electron chi connectivity index (χ3n) is 3.06. The van der Waals surface area contributed by atoms with E-state index in [2.05, 4.69) is 5.32 Å². The summed E-state index contributed by atoms with van der Waals surface area (Å²) >= 11 is 12.0. The van der Waals surface area contributed by atoms with Gasteiger partial charge in [-0.1, -0.05) is 36.5 Å². The van der Waals surface area contributed by atoms with Gasteiger partial charge in [0.05, 0.1) is 16.6 Å². The van der Waals surface area contributed by atoms with Crippen molar-refractivity contribution in [3.63, 3.8) is 0 Å². The van der Waals surface area contributed by atoms with Crippen LogP contribution in [0.25, 0.3) is 0 Å². The largest absolute Gasteiger partial charge is 0.337 e. The molecule has 6 heteroatoms. The van der Waals surface area contributed by atoms with Crippen LogP contribution in [-0.4, -0.2) is 18.5 Å². The number of urea groups is 1. The van der Waals surface area contributed by atoms with Gasteiger partial charge in [0.25, 0.3) is 0 Å². The summed E-state index contributed by atoms with van der Waals surface area (Å²) < 4.78 is 0. The van der Waals surface area contributed by atoms with Crippen molar-refractivity contribution in [2.75, 3.05) is 11.4 Å². The van der Waals surface area contributed by atoms with Crippen molar-refractivity contribution in [3.05, 3.63) is 28.2 Å². The van der Waals surface area contributed by atoms with Gasteiger partial charge in [-0.3, -0.25) is 4.79 Å². The Hall–Kier alpha value is -1.26. The van der Waals surface area contributed by atoms with Crippen molar-refractivity contribution in [1.82, 2.24) is 5.32 Å². The molecule has 1 aliphatic rings. The van der Waals surface area contributed by atoms with E-state index in [9.17, 15) is 9.59 Å². The molecule has 2 rings (SSSR count). The Bertz CT molecular complexity index is 519. The van der Waals surface area contributed by atoms with Gasteiger partial charge in [0.2, 0.25) is 5.91 Å². The maximum absolute atomic E-state index is 12.4. The first-order chi connectivity index (χ1) is 9.04. The summed E-state index contributed by atoms with van der Waals surface area (Å²) in [5.74, 6) is -0.437. The van der Waals surface area contributed by atoms with Gasteiger partial charge in [-0.15, -0.1) is 0 Å². The van der Waals surface area contributed by atoms with Crippen LogP contribution in [-0.2, 0) is 4.79 Å². The summed E-state index contributed by atoms with van der Waals surface area (Å²) in [4.78, 5) is 25.3. The average Bonchev–Trinajstić information content (AvgIpc) is 2.37. The van der Waals surface area contributed by atoms with Crippen molar-refractivity contribution < 1.29 is 9.59 Å². The van der Waals surface area contributed by atoms with E-state index in [1.54, 1.807) is 12.1 Å². The molecule has 1 aromatic rings. The van der Waals surface area contributed by atoms with Crippen LogP contribution in [0.4, 0.5) is 10.5 Å². The van der Waals surface area contributed by atoms with Crippen LogP contribution in [0.1, 0.15) is 19.8 Å². The topological polar surface area (TPSA) is 49.4 Å². The molecule has 0 spiro atoms. The van der Waals surface area contributed by atoms with Gasteiger partial charge in [0.15, 0.2) is 0 Å². The highest BCUT2D eigenvalue weighted by Crippen LogP contribution is 2.31. The van der Waals surface area contributed by atoms with Gasteiger partial charge >= 0.3 is 6.03 Å². The van der Waals surface area contributed by atoms with Crippen LogP contribution in [0.5, 0.6) is 0 Å². The Morgan fingerprint density at radius 1 is 1.37 bits per heavy atom. The molecule has 1 aliphatic heterocycles. The van der Waals surface area contributed by atoms with Crippen molar-refractivity contribution in [3.8, 4) is 0 Å². The molecule has 1 saturated heterocycles. The molecule has 1 heterocycles. The van der Waals surface area contributed by atoms with E-state index in [1.807, 2.05) is 6.92 Å². The van der Waals surface area contributed by atoms with E-state index in [0.717, 1.165) is 17.7 Å². The number of benzene rings is 1. The van der Waals surface area contributed by atoms with E-state index in [0.29, 0.717) is 22.3 Å². The summed E-state index contributed by atoms with van der Waals surface area (Å²) in [7, 11) is 0. The molecule has 0 aliphatic carbocycles. The predicted octanol–water partition coefficient (Wildman–Crippen LogP) is 3.47. The molecule has 0 saturated carbocycles. The Kier molecular flexibility index (Phi) is 4.32. The Labute approximate surface area is 121 Å². The quantitative estimate of drug-likeness (QED) is 0.929. The average molecular weight is 301 g/mol. The van der Waals surface area contributed by atoms with Crippen molar-refractivity contribution in [2.24, 2.45) is 5.92 Å². The first-order valence-electron chi connectivity index (χ1n) is 6.11. The second-order valence-electron chi connectivity index (χ2n) is 4.44. The molecular weight excluding hydrogens is 287 g/mol. The van der Waals surface area contributed by atoms with E-state index < -0.39 is 6.03 Å². The van der Waals surface area contributed by atoms with Crippen LogP contribution in [0.2, 0.25) is 10.0 Å². The number of halogens is 2. The molecular formula is C13H14Cl2N2O2. The number of carbonyl (C=O) groups is 2. The standard InChI is InChI=1S/C13H14Cl2N2O2/c1-2-3-8-7-16-13(19)17(12(8)18)11-6-9(14)4-5-10(11)15/h4-6,8H,2-3,7H2,1H3,(H,16,19). The van der Waals surface area contributed by atoms with Crippen molar-refractivity contribution in [2.45, 2.75) is 19.8 Å². The molecule has 1 unspecified atom stereocenters. The number of imide groups is 1. The molecule has 19 heavy (non-hydrogen) atoms. The van der Waals surface area contributed by atoms with Crippen molar-refractivity contribution in [1.29, 1.82) is 0 Å². The normalized spacial score (nSPS) is 19.5. The van der Waals surface area contributed by atoms with E-state index in [-0.39, 0.29) is 11.8 Å². The first-order valence-corrected chi connectivity index (χ1v) is 6.87. The van der Waals surface area contributed by atoms with Gasteiger partial charge < -0.3 is 5.32 Å². The summed E-state index contributed by atoms with van der Waals surface area (Å²) in [6, 6.07) is 4.25. The van der Waals surface area contributed by atoms with Crippen LogP contribution in [0.3, 0.4) is 0 Å². The number of hydrogen-bond donors (Lipinski definition) is 1. The number of carbonyl (C=O) groups excluding carboxylic acids is 2. The highest BCUT2D eigenvalue weighted by atomic mass is 35.5. The Morgan fingerprint density at radius 3 is 2.79 bits per heavy atom. The smallest absolute Gasteiger partial charge is 0.328 e. The van der Waals surface area contributed by atoms with E-state index >= 15 is 0 Å². The summed E-state index contributed by atoms with van der Waals surface area (Å²) in [6.45, 7) is 2.38. The molecule has 1 fully saturated rings. The van der Waals surface area contributed by atoms with Gasteiger partial charge in [0.1, 0.15) is 0 Å². The molecule has 3 amide bonds. The maximum atomic E-state index is 12.4. The fraction of sp³-hybridized carbons (Fsp3) is 0.385. The third-order valence-corrected chi connectivity index (χ3v) is 3.61. The second kappa shape index (κ2) is 5.80. The molecule has 4 nitrogen and oxygen atoms in total. The second-order valence-corrected chi connectivity index (χ2v) is 5.28. The zero-order chi connectivity index (χ0) is 14.0. The number of anilines is 1. The van der Waals surface area contributed by atoms with Gasteiger partial charge in [-0.2, -0.15) is 0 Å². The van der Waals surface area contributed by atoms with Crippen molar-refractivity contribution >= 4 is 40.8 Å². The lowest BCUT2D eigenvalue weighted by molar-refractivity contribution is -0.122. The molecule has 0 aromatic heterocycles. The molecule has 0 radical (unpaired) electrons. The fourth-order valence-electron chi connectivity index (χ4n) is 2.12. The number of nitrogens with one attached hydrogen (secondary N) is 1. The van der Waals surface area contributed by atoms with E-state index in [1.165, 1.54) is 6.07 Å². The summed E-state index contributed by atoms with van der Waals surface area (Å²) in [6.07, 6.45) is 1.61. The molecule has 102 valence electrons. The predicted molar refractivity (Wildman–Crippen MR) is 75.7 cm³/mol. The Morgan fingerprint density at radius 2 is 2.11 bits per heavy atom. The minimum absolute atomic E-state index is 0.210. The number of amides is 3. The molecule has 1 aromatic carbocycles. The minimum atomic E-state index is -0.457. The lowest BCUT2D eigenvalue weighted by atomic mass is 10.00. The van der Waals surface area contributed by atoms with Crippen LogP contribution in [0, 0.1) is 5.92 Å². The zero-order valence-electron chi connectivity index (χ0n) is 10.5. The van der Waals surface area contributed by atoms with E-state index in [4.69, 9.17) is 23.2 Å². The number of rotatable bonds is 3. The Balaban J connectivity index is 2.37. The highest BCUT2D eigenvalue weighted by Gasteiger charge is 2.35. The number of hydrogen-bond acceptors (Lipinski definition) is 2. The summed E-state index contributed by atoms with van der Waals surface area (Å²) in [5.41, 5.74) is 0.331. The van der Waals surface area contributed by atoms with Gasteiger partial charge in [-0.25, -0.2) is 9.69 Å². The van der Waals surface area contributed by atoms with Gasteiger partial charge in [0, 0.05) is 11.6 Å². The van der Waals surface area contributed by atoms with Gasteiger partial charge in [-0.05, 0) is 24.6 Å². The first kappa shape index (κ1) is 14.2. The molecule has 1 atom stereocenters. The molecule has 1 N–H and O–H groups in total. The van der Waals surface area contributed by atoms with Crippen LogP contribution >= 0.6 is 23.2 Å². The third kappa shape index (κ3) is 2.85. The number of nitrogens with zero attached hydrogens (tertiary/aromatic N) is 1. The van der Waals surface area contributed by atoms with Crippen LogP contribution < -0.4 is 10.2 Å². The summed E-state index contributed by atoms with van der Waals surface area (Å²) in [5, 5.41) is 3.46. The highest BCUT2D eigenvalue weighted by molar-refractivity contribution is 6.37. The van der Waals surface area contributed by atoms with Crippen LogP contribution in [0.15, 0.2) is 18.2 Å². The lowest BCUT2D eigenvalue weighted by Gasteiger charge is -2.31. The monoisotopic (exact) mass is 300 g/mol. The lowest BCUT2D eigenvalue weighted by Crippen LogP contribution is -2.55. The zero-order valence-corrected chi connectivity index (χ0v) is 12.0. The fourth-order valence-corrected chi connectivity index (χ4v) is 2.49. The maximum Gasteiger partial charge on any atom is 0.328 e. The molecule has 0 bridgehead atoms.